The fourth-order valence-corrected chi connectivity index (χ4v) is 2.26. The molecule has 0 radical (unpaired) electrons. The van der Waals surface area contributed by atoms with E-state index in [0.29, 0.717) is 6.42 Å². The number of benzene rings is 1. The summed E-state index contributed by atoms with van der Waals surface area (Å²) in [7, 11) is 0. The quantitative estimate of drug-likeness (QED) is 0.836. The van der Waals surface area contributed by atoms with E-state index in [9.17, 15) is 14.4 Å². The van der Waals surface area contributed by atoms with Crippen molar-refractivity contribution in [2.45, 2.75) is 32.2 Å². The summed E-state index contributed by atoms with van der Waals surface area (Å²) in [6.45, 7) is 1.87. The molecule has 1 saturated heterocycles. The number of nitrogens with one attached hydrogen (secondary N) is 1. The largest absolute Gasteiger partial charge is 0.439 e. The fourth-order valence-electron chi connectivity index (χ4n) is 2.26. The molecule has 1 unspecified atom stereocenters. The molecule has 0 spiro atoms. The van der Waals surface area contributed by atoms with Gasteiger partial charge in [0, 0.05) is 6.42 Å². The summed E-state index contributed by atoms with van der Waals surface area (Å²) in [4.78, 5) is 36.3. The SMILES string of the molecule is CCCCC(=O)NC(CN1C(=O)COC1=O)c1ccccc1. The summed E-state index contributed by atoms with van der Waals surface area (Å²) in [6, 6.07) is 8.86. The van der Waals surface area contributed by atoms with E-state index in [0.717, 1.165) is 23.3 Å². The average molecular weight is 304 g/mol. The number of cyclic esters (lactones) is 1. The normalized spacial score (nSPS) is 15.6. The van der Waals surface area contributed by atoms with E-state index in [4.69, 9.17) is 4.74 Å². The molecule has 1 atom stereocenters. The molecular weight excluding hydrogens is 284 g/mol. The zero-order valence-electron chi connectivity index (χ0n) is 12.6. The van der Waals surface area contributed by atoms with Crippen LogP contribution in [0, 0.1) is 0 Å². The standard InChI is InChI=1S/C16H20N2O4/c1-2-3-9-14(19)17-13(12-7-5-4-6-8-12)10-18-15(20)11-22-16(18)21/h4-8,13H,2-3,9-11H2,1H3,(H,17,19). The average Bonchev–Trinajstić information content (AvgIpc) is 2.85. The highest BCUT2D eigenvalue weighted by Gasteiger charge is 2.33. The first-order valence-electron chi connectivity index (χ1n) is 7.43. The van der Waals surface area contributed by atoms with Crippen molar-refractivity contribution >= 4 is 17.9 Å². The molecule has 22 heavy (non-hydrogen) atoms. The van der Waals surface area contributed by atoms with Crippen molar-refractivity contribution in [1.29, 1.82) is 0 Å². The number of ether oxygens (including phenoxy) is 1. The van der Waals surface area contributed by atoms with Crippen molar-refractivity contribution < 1.29 is 19.1 Å². The van der Waals surface area contributed by atoms with Gasteiger partial charge >= 0.3 is 6.09 Å². The lowest BCUT2D eigenvalue weighted by molar-refractivity contribution is -0.127. The molecule has 1 aromatic carbocycles. The Morgan fingerprint density at radius 3 is 2.64 bits per heavy atom. The maximum Gasteiger partial charge on any atom is 0.417 e. The topological polar surface area (TPSA) is 75.7 Å². The molecule has 6 heteroatoms. The van der Waals surface area contributed by atoms with Crippen LogP contribution in [0.3, 0.4) is 0 Å². The Balaban J connectivity index is 2.10. The van der Waals surface area contributed by atoms with Crippen LogP contribution in [0.1, 0.15) is 37.8 Å². The number of hydrogen-bond donors (Lipinski definition) is 1. The van der Waals surface area contributed by atoms with Crippen molar-refractivity contribution in [3.8, 4) is 0 Å². The van der Waals surface area contributed by atoms with Crippen LogP contribution >= 0.6 is 0 Å². The van der Waals surface area contributed by atoms with E-state index < -0.39 is 12.1 Å². The van der Waals surface area contributed by atoms with Gasteiger partial charge in [0.15, 0.2) is 6.61 Å². The number of unbranched alkanes of at least 4 members (excludes halogenated alkanes) is 1. The van der Waals surface area contributed by atoms with E-state index in [1.54, 1.807) is 0 Å². The lowest BCUT2D eigenvalue weighted by Gasteiger charge is -2.22. The molecule has 1 heterocycles. The summed E-state index contributed by atoms with van der Waals surface area (Å²) in [5, 5.41) is 2.90. The number of hydrogen-bond acceptors (Lipinski definition) is 4. The first-order valence-corrected chi connectivity index (χ1v) is 7.43. The van der Waals surface area contributed by atoms with E-state index >= 15 is 0 Å². The third-order valence-electron chi connectivity index (χ3n) is 3.50. The first-order chi connectivity index (χ1) is 10.6. The second kappa shape index (κ2) is 7.59. The molecule has 0 bridgehead atoms. The number of imide groups is 1. The van der Waals surface area contributed by atoms with Gasteiger partial charge in [-0.3, -0.25) is 9.59 Å². The first kappa shape index (κ1) is 16.0. The smallest absolute Gasteiger partial charge is 0.417 e. The maximum atomic E-state index is 12.0. The summed E-state index contributed by atoms with van der Waals surface area (Å²) in [6.07, 6.45) is 1.50. The van der Waals surface area contributed by atoms with Crippen molar-refractivity contribution in [2.24, 2.45) is 0 Å². The lowest BCUT2D eigenvalue weighted by atomic mass is 10.1. The van der Waals surface area contributed by atoms with Crippen molar-refractivity contribution in [3.05, 3.63) is 35.9 Å². The highest BCUT2D eigenvalue weighted by molar-refractivity contribution is 5.97. The number of rotatable bonds is 7. The van der Waals surface area contributed by atoms with Gasteiger partial charge in [-0.15, -0.1) is 0 Å². The number of carbonyl (C=O) groups excluding carboxylic acids is 3. The molecule has 1 aromatic rings. The third-order valence-corrected chi connectivity index (χ3v) is 3.50. The molecule has 1 aliphatic heterocycles. The second-order valence-corrected chi connectivity index (χ2v) is 5.19. The molecule has 1 aliphatic rings. The number of carbonyl (C=O) groups is 3. The van der Waals surface area contributed by atoms with Gasteiger partial charge in [-0.25, -0.2) is 9.69 Å². The molecular formula is C16H20N2O4. The zero-order valence-corrected chi connectivity index (χ0v) is 12.6. The van der Waals surface area contributed by atoms with Crippen LogP contribution in [0.5, 0.6) is 0 Å². The summed E-state index contributed by atoms with van der Waals surface area (Å²) in [5.74, 6) is -0.468. The fraction of sp³-hybridized carbons (Fsp3) is 0.438. The Bertz CT molecular complexity index is 528. The monoisotopic (exact) mass is 304 g/mol. The zero-order chi connectivity index (χ0) is 15.9. The molecule has 0 aromatic heterocycles. The minimum Gasteiger partial charge on any atom is -0.439 e. The highest BCUT2D eigenvalue weighted by atomic mass is 16.6. The highest BCUT2D eigenvalue weighted by Crippen LogP contribution is 2.17. The van der Waals surface area contributed by atoms with Gasteiger partial charge in [0.2, 0.25) is 5.91 Å². The Hall–Kier alpha value is -2.37. The van der Waals surface area contributed by atoms with Gasteiger partial charge in [0.05, 0.1) is 12.6 Å². The van der Waals surface area contributed by atoms with Crippen molar-refractivity contribution in [3.63, 3.8) is 0 Å². The van der Waals surface area contributed by atoms with Crippen LogP contribution in [0.15, 0.2) is 30.3 Å². The molecule has 118 valence electrons. The van der Waals surface area contributed by atoms with Gasteiger partial charge < -0.3 is 10.1 Å². The van der Waals surface area contributed by atoms with Crippen LogP contribution in [0.2, 0.25) is 0 Å². The van der Waals surface area contributed by atoms with Crippen LogP contribution in [-0.2, 0) is 14.3 Å². The molecule has 1 N–H and O–H groups in total. The van der Waals surface area contributed by atoms with Crippen LogP contribution in [0.25, 0.3) is 0 Å². The third kappa shape index (κ3) is 4.07. The molecule has 2 rings (SSSR count). The molecule has 1 fully saturated rings. The Labute approximate surface area is 129 Å². The lowest BCUT2D eigenvalue weighted by Crippen LogP contribution is -2.40. The maximum absolute atomic E-state index is 12.0. The van der Waals surface area contributed by atoms with Crippen LogP contribution in [-0.4, -0.2) is 36.0 Å². The van der Waals surface area contributed by atoms with Gasteiger partial charge in [-0.2, -0.15) is 0 Å². The summed E-state index contributed by atoms with van der Waals surface area (Å²) in [5.41, 5.74) is 0.847. The second-order valence-electron chi connectivity index (χ2n) is 5.19. The minimum absolute atomic E-state index is 0.0829. The van der Waals surface area contributed by atoms with Crippen molar-refractivity contribution in [2.75, 3.05) is 13.2 Å². The van der Waals surface area contributed by atoms with E-state index in [1.807, 2.05) is 37.3 Å². The minimum atomic E-state index is -0.659. The van der Waals surface area contributed by atoms with Crippen LogP contribution < -0.4 is 5.32 Å². The summed E-state index contributed by atoms with van der Waals surface area (Å²) >= 11 is 0. The van der Waals surface area contributed by atoms with Gasteiger partial charge in [0.1, 0.15) is 0 Å². The Morgan fingerprint density at radius 2 is 2.05 bits per heavy atom. The Morgan fingerprint density at radius 1 is 1.32 bits per heavy atom. The summed E-state index contributed by atoms with van der Waals surface area (Å²) < 4.78 is 4.71. The van der Waals surface area contributed by atoms with Gasteiger partial charge in [-0.1, -0.05) is 43.7 Å². The predicted molar refractivity (Wildman–Crippen MR) is 79.9 cm³/mol. The van der Waals surface area contributed by atoms with E-state index in [2.05, 4.69) is 5.32 Å². The van der Waals surface area contributed by atoms with E-state index in [-0.39, 0.29) is 25.0 Å². The van der Waals surface area contributed by atoms with E-state index in [1.165, 1.54) is 0 Å². The molecule has 0 saturated carbocycles. The van der Waals surface area contributed by atoms with Gasteiger partial charge in [0.25, 0.3) is 5.91 Å². The number of amides is 3. The van der Waals surface area contributed by atoms with Crippen molar-refractivity contribution in [1.82, 2.24) is 10.2 Å². The predicted octanol–water partition coefficient (Wildman–Crippen LogP) is 2.01. The van der Waals surface area contributed by atoms with Gasteiger partial charge in [-0.05, 0) is 12.0 Å². The number of nitrogens with zero attached hydrogens (tertiary/aromatic N) is 1. The Kier molecular flexibility index (Phi) is 5.52. The molecule has 0 aliphatic carbocycles. The molecule has 6 nitrogen and oxygen atoms in total. The molecule has 3 amide bonds. The van der Waals surface area contributed by atoms with Crippen LogP contribution in [0.4, 0.5) is 4.79 Å².